The van der Waals surface area contributed by atoms with Crippen molar-refractivity contribution < 1.29 is 0 Å². The molecule has 0 unspecified atom stereocenters. The molecule has 0 fully saturated rings. The van der Waals surface area contributed by atoms with Crippen LogP contribution in [0.2, 0.25) is 0 Å². The lowest BCUT2D eigenvalue weighted by Crippen LogP contribution is -2.00. The highest BCUT2D eigenvalue weighted by molar-refractivity contribution is 5.89. The predicted molar refractivity (Wildman–Crippen MR) is 254 cm³/mol. The van der Waals surface area contributed by atoms with Gasteiger partial charge in [-0.2, -0.15) is 0 Å². The summed E-state index contributed by atoms with van der Waals surface area (Å²) in [6.45, 7) is 0. The van der Waals surface area contributed by atoms with Crippen LogP contribution in [0.4, 0.5) is 0 Å². The Balaban J connectivity index is 0.969. The molecule has 0 aliphatic heterocycles. The molecule has 0 saturated heterocycles. The molecule has 5 heteroatoms. The molecule has 8 aromatic carbocycles. The molecule has 0 aliphatic rings. The molecule has 11 rings (SSSR count). The van der Waals surface area contributed by atoms with Gasteiger partial charge in [0, 0.05) is 22.3 Å². The van der Waals surface area contributed by atoms with Gasteiger partial charge in [-0.15, -0.1) is 0 Å². The lowest BCUT2D eigenvalue weighted by atomic mass is 9.99. The van der Waals surface area contributed by atoms with Gasteiger partial charge in [0.1, 0.15) is 11.4 Å². The smallest absolute Gasteiger partial charge is 0.179 e. The fraction of sp³-hybridized carbons (Fsp3) is 0. The van der Waals surface area contributed by atoms with E-state index in [-0.39, 0.29) is 0 Å². The monoisotopic (exact) mass is 791 g/mol. The van der Waals surface area contributed by atoms with Gasteiger partial charge in [0.25, 0.3) is 0 Å². The van der Waals surface area contributed by atoms with E-state index < -0.39 is 0 Å². The molecule has 0 N–H and O–H groups in total. The molecule has 62 heavy (non-hydrogen) atoms. The summed E-state index contributed by atoms with van der Waals surface area (Å²) in [6, 6.07) is 77.7. The molecule has 0 bridgehead atoms. The summed E-state index contributed by atoms with van der Waals surface area (Å²) < 4.78 is 0. The van der Waals surface area contributed by atoms with Gasteiger partial charge in [-0.25, -0.2) is 24.9 Å². The second kappa shape index (κ2) is 16.0. The fourth-order valence-corrected chi connectivity index (χ4v) is 8.02. The number of benzene rings is 8. The average molecular weight is 792 g/mol. The van der Waals surface area contributed by atoms with Gasteiger partial charge in [0.15, 0.2) is 11.6 Å². The summed E-state index contributed by atoms with van der Waals surface area (Å²) in [5.74, 6) is 1.04. The topological polar surface area (TPSA) is 64.5 Å². The number of hydrogen-bond donors (Lipinski definition) is 0. The van der Waals surface area contributed by atoms with Crippen molar-refractivity contribution >= 4 is 21.5 Å². The quantitative estimate of drug-likeness (QED) is 0.153. The highest BCUT2D eigenvalue weighted by atomic mass is 15.0. The van der Waals surface area contributed by atoms with Crippen LogP contribution in [0.25, 0.3) is 112 Å². The van der Waals surface area contributed by atoms with Crippen LogP contribution in [0.5, 0.6) is 0 Å². The second-order valence-corrected chi connectivity index (χ2v) is 15.3. The van der Waals surface area contributed by atoms with E-state index in [0.29, 0.717) is 23.0 Å². The van der Waals surface area contributed by atoms with Gasteiger partial charge >= 0.3 is 0 Å². The first-order chi connectivity index (χ1) is 30.7. The Labute approximate surface area is 359 Å². The van der Waals surface area contributed by atoms with E-state index in [1.807, 2.05) is 54.6 Å². The van der Waals surface area contributed by atoms with Crippen LogP contribution in [0.3, 0.4) is 0 Å². The first-order valence-electron chi connectivity index (χ1n) is 20.7. The van der Waals surface area contributed by atoms with Crippen LogP contribution in [0.15, 0.2) is 224 Å². The number of aromatic nitrogens is 5. The maximum absolute atomic E-state index is 5.16. The Morgan fingerprint density at radius 1 is 0.177 bits per heavy atom. The van der Waals surface area contributed by atoms with Crippen molar-refractivity contribution in [3.8, 4) is 90.3 Å². The van der Waals surface area contributed by atoms with Crippen molar-refractivity contribution in [2.45, 2.75) is 0 Å². The fourth-order valence-electron chi connectivity index (χ4n) is 8.02. The molecule has 0 spiro atoms. The van der Waals surface area contributed by atoms with E-state index in [9.17, 15) is 0 Å². The molecule has 11 aromatic rings. The highest BCUT2D eigenvalue weighted by Gasteiger charge is 2.16. The van der Waals surface area contributed by atoms with Crippen LogP contribution in [0.1, 0.15) is 0 Å². The van der Waals surface area contributed by atoms with E-state index in [4.69, 9.17) is 24.9 Å². The summed E-state index contributed by atoms with van der Waals surface area (Å²) in [7, 11) is 0. The predicted octanol–water partition coefficient (Wildman–Crippen LogP) is 14.3. The molecular weight excluding hydrogens is 755 g/mol. The van der Waals surface area contributed by atoms with Crippen LogP contribution < -0.4 is 0 Å². The third-order valence-electron chi connectivity index (χ3n) is 11.3. The van der Waals surface area contributed by atoms with Crippen molar-refractivity contribution in [3.63, 3.8) is 0 Å². The summed E-state index contributed by atoms with van der Waals surface area (Å²) in [6.07, 6.45) is 0. The van der Waals surface area contributed by atoms with Crippen molar-refractivity contribution in [2.75, 3.05) is 0 Å². The number of pyridine rings is 1. The Bertz CT molecular complexity index is 3160. The van der Waals surface area contributed by atoms with Crippen molar-refractivity contribution in [2.24, 2.45) is 0 Å². The first-order valence-corrected chi connectivity index (χ1v) is 20.7. The van der Waals surface area contributed by atoms with Crippen LogP contribution in [0, 0.1) is 0 Å². The third kappa shape index (κ3) is 7.40. The van der Waals surface area contributed by atoms with Gasteiger partial charge in [0.2, 0.25) is 0 Å². The van der Waals surface area contributed by atoms with Crippen LogP contribution in [-0.2, 0) is 0 Å². The normalized spacial score (nSPS) is 11.2. The van der Waals surface area contributed by atoms with E-state index in [2.05, 4.69) is 170 Å². The molecule has 0 amide bonds. The molecule has 3 heterocycles. The Morgan fingerprint density at radius 2 is 0.500 bits per heavy atom. The SMILES string of the molecule is c1ccc(-c2cc(-c3ccc(-c4ccc5ccccc5c4)cc3)nc(-c3cccc(-c4nc(-c5ccccc5)cc(-c5ccc(-c6ccc7ccccc7c6)cc5)n4)n3)n2)cc1. The molecule has 0 saturated carbocycles. The largest absolute Gasteiger partial charge is 0.241 e. The molecule has 5 nitrogen and oxygen atoms in total. The summed E-state index contributed by atoms with van der Waals surface area (Å²) in [5, 5.41) is 4.89. The first kappa shape index (κ1) is 36.7. The van der Waals surface area contributed by atoms with Crippen molar-refractivity contribution in [1.82, 2.24) is 24.9 Å². The van der Waals surface area contributed by atoms with Crippen LogP contribution >= 0.6 is 0 Å². The third-order valence-corrected chi connectivity index (χ3v) is 11.3. The molecule has 290 valence electrons. The number of rotatable bonds is 8. The zero-order valence-electron chi connectivity index (χ0n) is 33.6. The minimum atomic E-state index is 0.519. The van der Waals surface area contributed by atoms with Gasteiger partial charge in [-0.3, -0.25) is 0 Å². The van der Waals surface area contributed by atoms with Crippen molar-refractivity contribution in [3.05, 3.63) is 224 Å². The number of hydrogen-bond acceptors (Lipinski definition) is 5. The van der Waals surface area contributed by atoms with Gasteiger partial charge in [0.05, 0.1) is 22.8 Å². The van der Waals surface area contributed by atoms with Gasteiger partial charge < -0.3 is 0 Å². The summed E-state index contributed by atoms with van der Waals surface area (Å²) in [4.78, 5) is 25.6. The Kier molecular flexibility index (Phi) is 9.45. The lowest BCUT2D eigenvalue weighted by Gasteiger charge is -2.12. The second-order valence-electron chi connectivity index (χ2n) is 15.3. The van der Waals surface area contributed by atoms with Crippen LogP contribution in [-0.4, -0.2) is 24.9 Å². The van der Waals surface area contributed by atoms with Gasteiger partial charge in [-0.1, -0.05) is 188 Å². The average Bonchev–Trinajstić information content (AvgIpc) is 3.36. The summed E-state index contributed by atoms with van der Waals surface area (Å²) >= 11 is 0. The maximum Gasteiger partial charge on any atom is 0.179 e. The Hall–Kier alpha value is -8.41. The van der Waals surface area contributed by atoms with Crippen molar-refractivity contribution in [1.29, 1.82) is 0 Å². The molecular formula is C57H37N5. The minimum Gasteiger partial charge on any atom is -0.241 e. The number of nitrogens with zero attached hydrogens (tertiary/aromatic N) is 5. The van der Waals surface area contributed by atoms with Gasteiger partial charge in [-0.05, 0) is 80.2 Å². The van der Waals surface area contributed by atoms with E-state index >= 15 is 0 Å². The highest BCUT2D eigenvalue weighted by Crippen LogP contribution is 2.33. The molecule has 3 aromatic heterocycles. The van der Waals surface area contributed by atoms with E-state index in [0.717, 1.165) is 56.2 Å². The summed E-state index contributed by atoms with van der Waals surface area (Å²) in [5.41, 5.74) is 13.1. The molecule has 0 atom stereocenters. The molecule has 0 aliphatic carbocycles. The lowest BCUT2D eigenvalue weighted by molar-refractivity contribution is 1.12. The zero-order chi connectivity index (χ0) is 41.2. The minimum absolute atomic E-state index is 0.519. The standard InChI is InChI=1S/C57H37N5/c1-3-14-42(15-4-1)52-36-54(44-28-22-40(23-29-44)48-32-26-38-12-7-9-18-46(38)34-48)61-56(59-52)50-20-11-21-51(58-50)57-60-53(43-16-5-2-6-17-43)37-55(62-57)45-30-24-41(25-31-45)49-33-27-39-13-8-10-19-47(39)35-49/h1-37H. The number of fused-ring (bicyclic) bond motifs is 2. The molecule has 0 radical (unpaired) electrons. The Morgan fingerprint density at radius 3 is 0.903 bits per heavy atom. The zero-order valence-corrected chi connectivity index (χ0v) is 33.6. The van der Waals surface area contributed by atoms with E-state index in [1.54, 1.807) is 0 Å². The maximum atomic E-state index is 5.16. The van der Waals surface area contributed by atoms with E-state index in [1.165, 1.54) is 32.7 Å².